The standard InChI is InChI=1S/C36H46N3O7PS/c1-3-46-34(42)25-37-35(43)31(26-48)39-33(41)23-22-30(36(44)45-2)38-32(40)21-13-14-24-47(27-15-7-4-8-16-27,28-17-9-5-10-18-28)29-19-11-6-12-20-29/h4-12,15-20,30-31,47-48H,3,13-14,21-26H2,1-2H3,(H,37,43)(H,38,40)(H,39,41)/t30-,31-/m0/s1. The summed E-state index contributed by atoms with van der Waals surface area (Å²) in [5.41, 5.74) is 0. The van der Waals surface area contributed by atoms with Crippen molar-refractivity contribution in [3.05, 3.63) is 91.0 Å². The molecule has 0 fully saturated rings. The van der Waals surface area contributed by atoms with Crippen LogP contribution in [0.1, 0.15) is 39.0 Å². The third kappa shape index (κ3) is 11.2. The number of nitrogens with one attached hydrogen (secondary N) is 3. The van der Waals surface area contributed by atoms with E-state index in [1.165, 1.54) is 23.0 Å². The van der Waals surface area contributed by atoms with E-state index in [1.807, 2.05) is 18.2 Å². The molecule has 3 aromatic carbocycles. The summed E-state index contributed by atoms with van der Waals surface area (Å²) in [6.07, 6.45) is 2.29. The second-order valence-corrected chi connectivity index (χ2v) is 15.6. The Labute approximate surface area is 288 Å². The molecule has 0 unspecified atom stereocenters. The molecule has 0 aliphatic carbocycles. The molecule has 0 heterocycles. The van der Waals surface area contributed by atoms with Gasteiger partial charge in [-0.25, -0.2) is 0 Å². The summed E-state index contributed by atoms with van der Waals surface area (Å²) in [5, 5.41) is 11.6. The molecule has 0 bridgehead atoms. The SMILES string of the molecule is CCOC(=O)CNC(=O)[C@H](CS)NC(=O)CC[C@H](NC(=O)CCCC[PH](c1ccccc1)(c1ccccc1)c1ccccc1)C(=O)OC. The molecule has 0 saturated heterocycles. The zero-order valence-electron chi connectivity index (χ0n) is 27.5. The Bertz CT molecular complexity index is 1380. The van der Waals surface area contributed by atoms with E-state index >= 15 is 0 Å². The van der Waals surface area contributed by atoms with Crippen LogP contribution < -0.4 is 31.9 Å². The normalized spacial score (nSPS) is 12.6. The molecule has 0 aliphatic heterocycles. The number of carbonyl (C=O) groups excluding carboxylic acids is 5. The van der Waals surface area contributed by atoms with Crippen molar-refractivity contribution in [3.63, 3.8) is 0 Å². The van der Waals surface area contributed by atoms with Crippen LogP contribution in [0.3, 0.4) is 0 Å². The number of rotatable bonds is 19. The van der Waals surface area contributed by atoms with Crippen LogP contribution in [0.25, 0.3) is 0 Å². The molecule has 3 N–H and O–H groups in total. The van der Waals surface area contributed by atoms with Crippen LogP contribution in [0.5, 0.6) is 0 Å². The van der Waals surface area contributed by atoms with Gasteiger partial charge in [-0.2, -0.15) is 12.6 Å². The van der Waals surface area contributed by atoms with E-state index in [0.717, 1.165) is 12.6 Å². The zero-order chi connectivity index (χ0) is 34.8. The monoisotopic (exact) mass is 695 g/mol. The predicted molar refractivity (Wildman–Crippen MR) is 194 cm³/mol. The van der Waals surface area contributed by atoms with E-state index in [9.17, 15) is 24.0 Å². The Morgan fingerprint density at radius 2 is 1.23 bits per heavy atom. The van der Waals surface area contributed by atoms with Crippen molar-refractivity contribution in [2.75, 3.05) is 32.2 Å². The summed E-state index contributed by atoms with van der Waals surface area (Å²) >= 11 is 4.12. The van der Waals surface area contributed by atoms with Gasteiger partial charge >= 0.3 is 225 Å². The van der Waals surface area contributed by atoms with E-state index in [4.69, 9.17) is 9.47 Å². The van der Waals surface area contributed by atoms with Crippen LogP contribution in [0.4, 0.5) is 0 Å². The van der Waals surface area contributed by atoms with Crippen LogP contribution in [-0.4, -0.2) is 73.9 Å². The molecule has 0 saturated carbocycles. The van der Waals surface area contributed by atoms with Gasteiger partial charge in [0.15, 0.2) is 0 Å². The van der Waals surface area contributed by atoms with Gasteiger partial charge in [0.2, 0.25) is 5.91 Å². The van der Waals surface area contributed by atoms with Crippen LogP contribution in [-0.2, 0) is 33.4 Å². The summed E-state index contributed by atoms with van der Waals surface area (Å²) in [6, 6.07) is 29.7. The summed E-state index contributed by atoms with van der Waals surface area (Å²) in [5.74, 6) is -2.71. The molecule has 0 aliphatic rings. The van der Waals surface area contributed by atoms with Gasteiger partial charge in [-0.05, 0) is 6.92 Å². The molecular weight excluding hydrogens is 649 g/mol. The van der Waals surface area contributed by atoms with Gasteiger partial charge in [-0.15, -0.1) is 0 Å². The number of carbonyl (C=O) groups is 5. The van der Waals surface area contributed by atoms with Crippen molar-refractivity contribution in [2.45, 2.75) is 51.1 Å². The molecule has 0 radical (unpaired) electrons. The van der Waals surface area contributed by atoms with Gasteiger partial charge in [-0.1, -0.05) is 0 Å². The van der Waals surface area contributed by atoms with Gasteiger partial charge in [0.25, 0.3) is 0 Å². The Hall–Kier alpha value is -4.21. The summed E-state index contributed by atoms with van der Waals surface area (Å²) in [6.45, 7) is 1.49. The van der Waals surface area contributed by atoms with E-state index < -0.39 is 43.1 Å². The first-order chi connectivity index (χ1) is 23.2. The zero-order valence-corrected chi connectivity index (χ0v) is 29.4. The predicted octanol–water partition coefficient (Wildman–Crippen LogP) is 2.42. The molecule has 48 heavy (non-hydrogen) atoms. The number of methoxy groups -OCH3 is 1. The molecule has 0 aromatic heterocycles. The molecular formula is C36H46N3O7PS. The number of hydrogen-bond donors (Lipinski definition) is 4. The molecule has 3 amide bonds. The van der Waals surface area contributed by atoms with Gasteiger partial charge < -0.3 is 10.1 Å². The van der Waals surface area contributed by atoms with Crippen molar-refractivity contribution in [1.82, 2.24) is 16.0 Å². The van der Waals surface area contributed by atoms with E-state index in [0.29, 0.717) is 6.42 Å². The number of benzene rings is 3. The Morgan fingerprint density at radius 1 is 0.729 bits per heavy atom. The van der Waals surface area contributed by atoms with Gasteiger partial charge in [-0.3, -0.25) is 9.59 Å². The Morgan fingerprint density at radius 3 is 1.71 bits per heavy atom. The average Bonchev–Trinajstić information content (AvgIpc) is 3.12. The number of esters is 2. The van der Waals surface area contributed by atoms with Crippen LogP contribution in [0, 0.1) is 0 Å². The van der Waals surface area contributed by atoms with Gasteiger partial charge in [0.05, 0.1) is 6.61 Å². The minimum atomic E-state index is -2.42. The quantitative estimate of drug-likeness (QED) is 0.0654. The number of thiol groups is 1. The van der Waals surface area contributed by atoms with Gasteiger partial charge in [0.1, 0.15) is 6.54 Å². The number of unbranched alkanes of at least 4 members (excludes halogenated alkanes) is 1. The first-order valence-electron chi connectivity index (χ1n) is 16.1. The summed E-state index contributed by atoms with van der Waals surface area (Å²) < 4.78 is 9.66. The molecule has 10 nitrogen and oxygen atoms in total. The fourth-order valence-electron chi connectivity index (χ4n) is 5.66. The molecule has 0 spiro atoms. The first kappa shape index (κ1) is 38.2. The van der Waals surface area contributed by atoms with E-state index in [2.05, 4.69) is 101 Å². The van der Waals surface area contributed by atoms with Crippen molar-refractivity contribution >= 4 is 65.5 Å². The summed E-state index contributed by atoms with van der Waals surface area (Å²) in [7, 11) is -1.21. The molecule has 2 atom stereocenters. The van der Waals surface area contributed by atoms with Crippen LogP contribution in [0.15, 0.2) is 91.0 Å². The van der Waals surface area contributed by atoms with Crippen LogP contribution >= 0.6 is 19.9 Å². The topological polar surface area (TPSA) is 140 Å². The Balaban J connectivity index is 1.60. The van der Waals surface area contributed by atoms with Crippen LogP contribution in [0.2, 0.25) is 0 Å². The third-order valence-corrected chi connectivity index (χ3v) is 13.5. The van der Waals surface area contributed by atoms with Crippen molar-refractivity contribution in [3.8, 4) is 0 Å². The fourth-order valence-corrected chi connectivity index (χ4v) is 10.9. The summed E-state index contributed by atoms with van der Waals surface area (Å²) in [4.78, 5) is 62.1. The molecule has 3 rings (SSSR count). The third-order valence-electron chi connectivity index (χ3n) is 8.03. The second-order valence-electron chi connectivity index (χ2n) is 11.2. The van der Waals surface area contributed by atoms with Crippen molar-refractivity contribution in [2.24, 2.45) is 0 Å². The van der Waals surface area contributed by atoms with Crippen molar-refractivity contribution < 1.29 is 33.4 Å². The fraction of sp³-hybridized carbons (Fsp3) is 0.361. The van der Waals surface area contributed by atoms with Gasteiger partial charge in [0, 0.05) is 5.75 Å². The number of ether oxygens (including phenoxy) is 2. The maximum atomic E-state index is 13.0. The van der Waals surface area contributed by atoms with E-state index in [-0.39, 0.29) is 44.1 Å². The minimum absolute atomic E-state index is 0.0134. The second kappa shape index (κ2) is 20.2. The molecule has 12 heteroatoms. The first-order valence-corrected chi connectivity index (χ1v) is 19.0. The molecule has 3 aromatic rings. The Kier molecular flexibility index (Phi) is 16.1. The number of hydrogen-bond acceptors (Lipinski definition) is 8. The van der Waals surface area contributed by atoms with Crippen molar-refractivity contribution in [1.29, 1.82) is 0 Å². The van der Waals surface area contributed by atoms with E-state index in [1.54, 1.807) is 6.92 Å². The number of amides is 3. The maximum absolute atomic E-state index is 13.0. The molecule has 258 valence electrons. The average molecular weight is 696 g/mol.